The van der Waals surface area contributed by atoms with Crippen molar-refractivity contribution in [2.75, 3.05) is 6.79 Å². The number of hydrogen-bond donors (Lipinski definition) is 2. The lowest BCUT2D eigenvalue weighted by molar-refractivity contribution is -0.121. The normalized spacial score (nSPS) is 18.2. The number of fused-ring (bicyclic) bond motifs is 1. The second-order valence-electron chi connectivity index (χ2n) is 5.01. The van der Waals surface area contributed by atoms with Crippen LogP contribution in [0.25, 0.3) is 0 Å². The lowest BCUT2D eigenvalue weighted by Gasteiger charge is -2.11. The highest BCUT2D eigenvalue weighted by molar-refractivity contribution is 5.76. The highest BCUT2D eigenvalue weighted by Gasteiger charge is 2.23. The van der Waals surface area contributed by atoms with Gasteiger partial charge in [0, 0.05) is 12.5 Å². The van der Waals surface area contributed by atoms with E-state index in [1.165, 1.54) is 0 Å². The molecule has 0 radical (unpaired) electrons. The van der Waals surface area contributed by atoms with E-state index in [1.807, 2.05) is 0 Å². The molecule has 5 heteroatoms. The first-order chi connectivity index (χ1) is 9.22. The molecule has 0 aromatic heterocycles. The molecule has 1 aromatic rings. The predicted octanol–water partition coefficient (Wildman–Crippen LogP) is 1.51. The van der Waals surface area contributed by atoms with E-state index in [-0.39, 0.29) is 12.7 Å². The summed E-state index contributed by atoms with van der Waals surface area (Å²) in [4.78, 5) is 11.5. The molecule has 3 rings (SSSR count). The molecule has 1 atom stereocenters. The lowest BCUT2D eigenvalue weighted by Crippen LogP contribution is -2.25. The summed E-state index contributed by atoms with van der Waals surface area (Å²) in [5, 5.41) is 13.0. The van der Waals surface area contributed by atoms with Crippen LogP contribution in [0.3, 0.4) is 0 Å². The molecule has 1 heterocycles. The Kier molecular flexibility index (Phi) is 3.29. The third-order valence-corrected chi connectivity index (χ3v) is 3.37. The van der Waals surface area contributed by atoms with Crippen molar-refractivity contribution in [3.63, 3.8) is 0 Å². The van der Waals surface area contributed by atoms with Crippen LogP contribution in [0.1, 0.15) is 37.4 Å². The number of hydrogen-bond acceptors (Lipinski definition) is 4. The zero-order valence-corrected chi connectivity index (χ0v) is 10.6. The highest BCUT2D eigenvalue weighted by Crippen LogP contribution is 2.34. The summed E-state index contributed by atoms with van der Waals surface area (Å²) in [6.07, 6.45) is 2.26. The Balaban J connectivity index is 1.54. The Labute approximate surface area is 111 Å². The van der Waals surface area contributed by atoms with E-state index in [0.29, 0.717) is 30.4 Å². The standard InChI is InChI=1S/C14H17NO4/c16-11(4-6-14(17)15-10-2-3-10)9-1-5-12-13(7-9)19-8-18-12/h1,5,7,10-11,16H,2-4,6,8H2,(H,15,17). The Bertz CT molecular complexity index is 484. The molecule has 1 unspecified atom stereocenters. The third kappa shape index (κ3) is 2.98. The summed E-state index contributed by atoms with van der Waals surface area (Å²) < 4.78 is 10.5. The van der Waals surface area contributed by atoms with Gasteiger partial charge in [0.15, 0.2) is 11.5 Å². The smallest absolute Gasteiger partial charge is 0.231 e. The Morgan fingerprint density at radius 3 is 2.95 bits per heavy atom. The average molecular weight is 263 g/mol. The van der Waals surface area contributed by atoms with Gasteiger partial charge in [-0.3, -0.25) is 4.79 Å². The summed E-state index contributed by atoms with van der Waals surface area (Å²) in [6, 6.07) is 5.73. The van der Waals surface area contributed by atoms with E-state index in [4.69, 9.17) is 9.47 Å². The third-order valence-electron chi connectivity index (χ3n) is 3.37. The number of amides is 1. The van der Waals surface area contributed by atoms with Gasteiger partial charge >= 0.3 is 0 Å². The van der Waals surface area contributed by atoms with Gasteiger partial charge in [0.1, 0.15) is 0 Å². The maximum absolute atomic E-state index is 11.5. The van der Waals surface area contributed by atoms with Crippen LogP contribution in [-0.2, 0) is 4.79 Å². The first kappa shape index (κ1) is 12.3. The van der Waals surface area contributed by atoms with Crippen LogP contribution >= 0.6 is 0 Å². The summed E-state index contributed by atoms with van der Waals surface area (Å²) in [7, 11) is 0. The molecule has 2 aliphatic rings. The molecule has 1 aliphatic heterocycles. The van der Waals surface area contributed by atoms with Gasteiger partial charge in [0.2, 0.25) is 12.7 Å². The second-order valence-corrected chi connectivity index (χ2v) is 5.01. The molecule has 1 saturated carbocycles. The second kappa shape index (κ2) is 5.09. The first-order valence-corrected chi connectivity index (χ1v) is 6.59. The van der Waals surface area contributed by atoms with E-state index in [0.717, 1.165) is 18.4 Å². The van der Waals surface area contributed by atoms with Crippen LogP contribution in [0.4, 0.5) is 0 Å². The number of nitrogens with one attached hydrogen (secondary N) is 1. The van der Waals surface area contributed by atoms with Gasteiger partial charge < -0.3 is 19.9 Å². The molecule has 1 aliphatic carbocycles. The minimum Gasteiger partial charge on any atom is -0.454 e. The molecule has 1 fully saturated rings. The SMILES string of the molecule is O=C(CCC(O)c1ccc2c(c1)OCO2)NC1CC1. The largest absolute Gasteiger partial charge is 0.454 e. The first-order valence-electron chi connectivity index (χ1n) is 6.59. The number of aliphatic hydroxyl groups is 1. The van der Waals surface area contributed by atoms with E-state index in [9.17, 15) is 9.90 Å². The molecule has 1 aromatic carbocycles. The number of benzene rings is 1. The van der Waals surface area contributed by atoms with Crippen molar-refractivity contribution in [2.24, 2.45) is 0 Å². The van der Waals surface area contributed by atoms with Crippen molar-refractivity contribution in [3.8, 4) is 11.5 Å². The van der Waals surface area contributed by atoms with Crippen LogP contribution in [0.15, 0.2) is 18.2 Å². The van der Waals surface area contributed by atoms with Crippen molar-refractivity contribution in [2.45, 2.75) is 37.8 Å². The van der Waals surface area contributed by atoms with Crippen molar-refractivity contribution in [1.29, 1.82) is 0 Å². The molecular formula is C14H17NO4. The number of rotatable bonds is 5. The van der Waals surface area contributed by atoms with Crippen molar-refractivity contribution < 1.29 is 19.4 Å². The number of aliphatic hydroxyl groups excluding tert-OH is 1. The predicted molar refractivity (Wildman–Crippen MR) is 67.9 cm³/mol. The van der Waals surface area contributed by atoms with E-state index >= 15 is 0 Å². The number of carbonyl (C=O) groups is 1. The fourth-order valence-electron chi connectivity index (χ4n) is 2.08. The molecule has 5 nitrogen and oxygen atoms in total. The van der Waals surface area contributed by atoms with Gasteiger partial charge in [0.05, 0.1) is 6.10 Å². The maximum atomic E-state index is 11.5. The summed E-state index contributed by atoms with van der Waals surface area (Å²) >= 11 is 0. The Morgan fingerprint density at radius 2 is 2.16 bits per heavy atom. The van der Waals surface area contributed by atoms with Gasteiger partial charge in [-0.05, 0) is 37.0 Å². The maximum Gasteiger partial charge on any atom is 0.231 e. The molecule has 19 heavy (non-hydrogen) atoms. The van der Waals surface area contributed by atoms with Gasteiger partial charge in [0.25, 0.3) is 0 Å². The van der Waals surface area contributed by atoms with Crippen LogP contribution in [0.5, 0.6) is 11.5 Å². The van der Waals surface area contributed by atoms with Crippen molar-refractivity contribution >= 4 is 5.91 Å². The van der Waals surface area contributed by atoms with Crippen molar-refractivity contribution in [3.05, 3.63) is 23.8 Å². The van der Waals surface area contributed by atoms with E-state index in [1.54, 1.807) is 18.2 Å². The number of carbonyl (C=O) groups excluding carboxylic acids is 1. The Morgan fingerprint density at radius 1 is 1.37 bits per heavy atom. The fourth-order valence-corrected chi connectivity index (χ4v) is 2.08. The molecule has 102 valence electrons. The van der Waals surface area contributed by atoms with Gasteiger partial charge in [-0.1, -0.05) is 6.07 Å². The summed E-state index contributed by atoms with van der Waals surface area (Å²) in [6.45, 7) is 0.221. The number of ether oxygens (including phenoxy) is 2. The zero-order chi connectivity index (χ0) is 13.2. The van der Waals surface area contributed by atoms with Crippen molar-refractivity contribution in [1.82, 2.24) is 5.32 Å². The van der Waals surface area contributed by atoms with Gasteiger partial charge in [-0.25, -0.2) is 0 Å². The molecule has 1 amide bonds. The average Bonchev–Trinajstić information content (AvgIpc) is 3.09. The van der Waals surface area contributed by atoms with Crippen LogP contribution < -0.4 is 14.8 Å². The quantitative estimate of drug-likeness (QED) is 0.845. The lowest BCUT2D eigenvalue weighted by atomic mass is 10.0. The van der Waals surface area contributed by atoms with Crippen LogP contribution in [0.2, 0.25) is 0 Å². The minimum atomic E-state index is -0.653. The molecule has 0 spiro atoms. The van der Waals surface area contributed by atoms with Gasteiger partial charge in [-0.2, -0.15) is 0 Å². The summed E-state index contributed by atoms with van der Waals surface area (Å²) in [5.74, 6) is 1.36. The Hall–Kier alpha value is -1.75. The topological polar surface area (TPSA) is 67.8 Å². The minimum absolute atomic E-state index is 0.0160. The summed E-state index contributed by atoms with van der Waals surface area (Å²) in [5.41, 5.74) is 0.753. The molecule has 0 saturated heterocycles. The molecule has 2 N–H and O–H groups in total. The van der Waals surface area contributed by atoms with Gasteiger partial charge in [-0.15, -0.1) is 0 Å². The monoisotopic (exact) mass is 263 g/mol. The highest BCUT2D eigenvalue weighted by atomic mass is 16.7. The van der Waals surface area contributed by atoms with E-state index in [2.05, 4.69) is 5.32 Å². The van der Waals surface area contributed by atoms with Crippen LogP contribution in [-0.4, -0.2) is 23.8 Å². The fraction of sp³-hybridized carbons (Fsp3) is 0.500. The van der Waals surface area contributed by atoms with E-state index < -0.39 is 6.10 Å². The molecule has 0 bridgehead atoms. The molecular weight excluding hydrogens is 246 g/mol. The van der Waals surface area contributed by atoms with Crippen LogP contribution in [0, 0.1) is 0 Å². The zero-order valence-electron chi connectivity index (χ0n) is 10.6.